The van der Waals surface area contributed by atoms with E-state index >= 15 is 0 Å². The first-order chi connectivity index (χ1) is 6.20. The summed E-state index contributed by atoms with van der Waals surface area (Å²) in [5, 5.41) is 3.05. The summed E-state index contributed by atoms with van der Waals surface area (Å²) >= 11 is 0. The molecule has 4 atom stereocenters. The van der Waals surface area contributed by atoms with E-state index in [-0.39, 0.29) is 5.91 Å². The molecule has 0 radical (unpaired) electrons. The normalized spacial score (nSPS) is 41.9. The van der Waals surface area contributed by atoms with E-state index in [0.29, 0.717) is 17.9 Å². The van der Waals surface area contributed by atoms with Crippen LogP contribution >= 0.6 is 0 Å². The van der Waals surface area contributed by atoms with E-state index in [1.54, 1.807) is 6.92 Å². The highest BCUT2D eigenvalue weighted by molar-refractivity contribution is 5.73. The number of fused-ring (bicyclic) bond motifs is 2. The Morgan fingerprint density at radius 1 is 1.46 bits per heavy atom. The van der Waals surface area contributed by atoms with Crippen molar-refractivity contribution in [3.8, 4) is 0 Å². The number of hydrogen-bond acceptors (Lipinski definition) is 1. The molecule has 2 heteroatoms. The molecule has 0 spiro atoms. The van der Waals surface area contributed by atoms with Gasteiger partial charge in [-0.25, -0.2) is 0 Å². The van der Waals surface area contributed by atoms with Crippen LogP contribution in [0.2, 0.25) is 0 Å². The quantitative estimate of drug-likeness (QED) is 0.642. The SMILES string of the molecule is C=C[C@@H]1C[C@@H]2C[C@H]1[C@@H](NC(C)=O)C2. The highest BCUT2D eigenvalue weighted by Gasteiger charge is 2.44. The lowest BCUT2D eigenvalue weighted by atomic mass is 9.85. The molecule has 2 rings (SSSR count). The highest BCUT2D eigenvalue weighted by Crippen LogP contribution is 2.48. The van der Waals surface area contributed by atoms with Gasteiger partial charge in [0.05, 0.1) is 0 Å². The molecule has 1 amide bonds. The van der Waals surface area contributed by atoms with Crippen LogP contribution in [-0.4, -0.2) is 11.9 Å². The Morgan fingerprint density at radius 3 is 2.77 bits per heavy atom. The molecule has 0 heterocycles. The molecule has 0 aromatic rings. The van der Waals surface area contributed by atoms with Gasteiger partial charge in [0.25, 0.3) is 0 Å². The fourth-order valence-corrected chi connectivity index (χ4v) is 3.10. The van der Waals surface area contributed by atoms with Gasteiger partial charge in [-0.15, -0.1) is 6.58 Å². The predicted octanol–water partition coefficient (Wildman–Crippen LogP) is 1.72. The van der Waals surface area contributed by atoms with Crippen LogP contribution in [0.5, 0.6) is 0 Å². The van der Waals surface area contributed by atoms with Gasteiger partial charge in [0.15, 0.2) is 0 Å². The van der Waals surface area contributed by atoms with Gasteiger partial charge in [0.2, 0.25) is 5.91 Å². The molecule has 1 N–H and O–H groups in total. The maximum absolute atomic E-state index is 10.9. The zero-order valence-corrected chi connectivity index (χ0v) is 8.12. The summed E-state index contributed by atoms with van der Waals surface area (Å²) in [5.41, 5.74) is 0. The van der Waals surface area contributed by atoms with Crippen molar-refractivity contribution in [2.75, 3.05) is 0 Å². The second-order valence-corrected chi connectivity index (χ2v) is 4.44. The summed E-state index contributed by atoms with van der Waals surface area (Å²) < 4.78 is 0. The molecule has 0 aliphatic heterocycles. The summed E-state index contributed by atoms with van der Waals surface area (Å²) in [7, 11) is 0. The molecule has 2 aliphatic rings. The van der Waals surface area contributed by atoms with E-state index in [2.05, 4.69) is 18.0 Å². The number of allylic oxidation sites excluding steroid dienone is 1. The van der Waals surface area contributed by atoms with Crippen LogP contribution in [0.25, 0.3) is 0 Å². The number of carbonyl (C=O) groups is 1. The van der Waals surface area contributed by atoms with Crippen molar-refractivity contribution in [2.24, 2.45) is 17.8 Å². The van der Waals surface area contributed by atoms with Crippen LogP contribution in [0.3, 0.4) is 0 Å². The molecule has 2 nitrogen and oxygen atoms in total. The summed E-state index contributed by atoms with van der Waals surface area (Å²) in [6.07, 6.45) is 5.85. The lowest BCUT2D eigenvalue weighted by molar-refractivity contribution is -0.120. The molecule has 2 saturated carbocycles. The summed E-state index contributed by atoms with van der Waals surface area (Å²) in [6, 6.07) is 0.430. The zero-order chi connectivity index (χ0) is 9.42. The smallest absolute Gasteiger partial charge is 0.217 e. The third kappa shape index (κ3) is 1.50. The van der Waals surface area contributed by atoms with Crippen molar-refractivity contribution in [3.05, 3.63) is 12.7 Å². The van der Waals surface area contributed by atoms with E-state index in [1.807, 2.05) is 0 Å². The zero-order valence-electron chi connectivity index (χ0n) is 8.12. The first kappa shape index (κ1) is 8.79. The van der Waals surface area contributed by atoms with Gasteiger partial charge in [0.1, 0.15) is 0 Å². The van der Waals surface area contributed by atoms with Crippen LogP contribution in [0.1, 0.15) is 26.2 Å². The molecule has 0 aromatic heterocycles. The lowest BCUT2D eigenvalue weighted by Crippen LogP contribution is -2.39. The Balaban J connectivity index is 2.01. The average molecular weight is 179 g/mol. The van der Waals surface area contributed by atoms with Gasteiger partial charge in [-0.2, -0.15) is 0 Å². The maximum Gasteiger partial charge on any atom is 0.217 e. The van der Waals surface area contributed by atoms with E-state index in [4.69, 9.17) is 0 Å². The van der Waals surface area contributed by atoms with E-state index in [9.17, 15) is 4.79 Å². The molecule has 2 bridgehead atoms. The molecule has 0 aromatic carbocycles. The standard InChI is InChI=1S/C11H17NO/c1-3-9-4-8-5-10(9)11(6-8)12-7(2)13/h3,8-11H,1,4-6H2,2H3,(H,12,13)/t8-,9-,10-,11+/m1/s1. The van der Waals surface area contributed by atoms with Gasteiger partial charge < -0.3 is 5.32 Å². The van der Waals surface area contributed by atoms with E-state index in [0.717, 1.165) is 5.92 Å². The first-order valence-electron chi connectivity index (χ1n) is 5.10. The summed E-state index contributed by atoms with van der Waals surface area (Å²) in [4.78, 5) is 10.9. The minimum Gasteiger partial charge on any atom is -0.353 e. The van der Waals surface area contributed by atoms with Gasteiger partial charge >= 0.3 is 0 Å². The third-order valence-corrected chi connectivity index (χ3v) is 3.56. The van der Waals surface area contributed by atoms with Crippen molar-refractivity contribution < 1.29 is 4.79 Å². The highest BCUT2D eigenvalue weighted by atomic mass is 16.1. The maximum atomic E-state index is 10.9. The molecule has 13 heavy (non-hydrogen) atoms. The van der Waals surface area contributed by atoms with Gasteiger partial charge in [-0.05, 0) is 37.0 Å². The van der Waals surface area contributed by atoms with Crippen molar-refractivity contribution >= 4 is 5.91 Å². The Kier molecular flexibility index (Phi) is 2.14. The number of hydrogen-bond donors (Lipinski definition) is 1. The molecule has 0 saturated heterocycles. The molecule has 72 valence electrons. The largest absolute Gasteiger partial charge is 0.353 e. The molecule has 2 fully saturated rings. The molecule has 2 aliphatic carbocycles. The van der Waals surface area contributed by atoms with Crippen LogP contribution in [0.4, 0.5) is 0 Å². The second-order valence-electron chi connectivity index (χ2n) is 4.44. The van der Waals surface area contributed by atoms with Crippen molar-refractivity contribution in [1.82, 2.24) is 5.32 Å². The summed E-state index contributed by atoms with van der Waals surface area (Å²) in [5.74, 6) is 2.27. The number of carbonyl (C=O) groups excluding carboxylic acids is 1. The Hall–Kier alpha value is -0.790. The first-order valence-corrected chi connectivity index (χ1v) is 5.10. The van der Waals surface area contributed by atoms with Crippen molar-refractivity contribution in [3.63, 3.8) is 0 Å². The number of nitrogens with one attached hydrogen (secondary N) is 1. The number of rotatable bonds is 2. The van der Waals surface area contributed by atoms with Gasteiger partial charge in [-0.3, -0.25) is 4.79 Å². The van der Waals surface area contributed by atoms with E-state index < -0.39 is 0 Å². The minimum atomic E-state index is 0.111. The average Bonchev–Trinajstić information content (AvgIpc) is 2.60. The van der Waals surface area contributed by atoms with Crippen LogP contribution in [-0.2, 0) is 4.79 Å². The van der Waals surface area contributed by atoms with E-state index in [1.165, 1.54) is 19.3 Å². The van der Waals surface area contributed by atoms with Gasteiger partial charge in [0, 0.05) is 13.0 Å². The Bertz CT molecular complexity index is 236. The summed E-state index contributed by atoms with van der Waals surface area (Å²) in [6.45, 7) is 5.47. The minimum absolute atomic E-state index is 0.111. The van der Waals surface area contributed by atoms with Crippen LogP contribution in [0, 0.1) is 17.8 Å². The second kappa shape index (κ2) is 3.17. The topological polar surface area (TPSA) is 29.1 Å². The lowest BCUT2D eigenvalue weighted by Gasteiger charge is -2.27. The Morgan fingerprint density at radius 2 is 2.23 bits per heavy atom. The molecular weight excluding hydrogens is 162 g/mol. The monoisotopic (exact) mass is 179 g/mol. The molecule has 0 unspecified atom stereocenters. The predicted molar refractivity (Wildman–Crippen MR) is 52.1 cm³/mol. The number of amides is 1. The Labute approximate surface area is 79.4 Å². The molecular formula is C11H17NO. The fraction of sp³-hybridized carbons (Fsp3) is 0.727. The van der Waals surface area contributed by atoms with Crippen LogP contribution in [0.15, 0.2) is 12.7 Å². The van der Waals surface area contributed by atoms with Crippen molar-refractivity contribution in [2.45, 2.75) is 32.2 Å². The van der Waals surface area contributed by atoms with Crippen LogP contribution < -0.4 is 5.32 Å². The van der Waals surface area contributed by atoms with Gasteiger partial charge in [-0.1, -0.05) is 6.08 Å². The third-order valence-electron chi connectivity index (χ3n) is 3.56. The van der Waals surface area contributed by atoms with Crippen molar-refractivity contribution in [1.29, 1.82) is 0 Å². The fourth-order valence-electron chi connectivity index (χ4n) is 3.10.